The Morgan fingerprint density at radius 1 is 1.44 bits per heavy atom. The molecule has 2 N–H and O–H groups in total. The Hall–Kier alpha value is -1.62. The normalized spacial score (nSPS) is 10.4. The van der Waals surface area contributed by atoms with E-state index in [2.05, 4.69) is 25.7 Å². The highest BCUT2D eigenvalue weighted by atomic mass is 79.9. The molecule has 0 radical (unpaired) electrons. The van der Waals surface area contributed by atoms with E-state index >= 15 is 0 Å². The summed E-state index contributed by atoms with van der Waals surface area (Å²) in [6, 6.07) is 5.27. The van der Waals surface area contributed by atoms with Gasteiger partial charge >= 0.3 is 5.97 Å². The number of hydrogen-bond donors (Lipinski definition) is 1. The lowest BCUT2D eigenvalue weighted by Gasteiger charge is -2.05. The van der Waals surface area contributed by atoms with Gasteiger partial charge in [0.05, 0.1) is 7.11 Å². The summed E-state index contributed by atoms with van der Waals surface area (Å²) >= 11 is 3.40. The Bertz CT molecular complexity index is 569. The van der Waals surface area contributed by atoms with Crippen molar-refractivity contribution in [1.82, 2.24) is 4.98 Å². The summed E-state index contributed by atoms with van der Waals surface area (Å²) in [4.78, 5) is 15.3. The minimum Gasteiger partial charge on any atom is -0.464 e. The third-order valence-electron chi connectivity index (χ3n) is 2.28. The molecule has 16 heavy (non-hydrogen) atoms. The van der Waals surface area contributed by atoms with Gasteiger partial charge in [0.15, 0.2) is 0 Å². The van der Waals surface area contributed by atoms with Gasteiger partial charge in [0, 0.05) is 27.1 Å². The SMILES string of the molecule is COC(=O)c1cc2c(Br)ccc(N)c2cn1. The molecule has 4 nitrogen and oxygen atoms in total. The van der Waals surface area contributed by atoms with Crippen molar-refractivity contribution in [1.29, 1.82) is 0 Å². The predicted octanol–water partition coefficient (Wildman–Crippen LogP) is 2.37. The van der Waals surface area contributed by atoms with E-state index in [1.54, 1.807) is 18.3 Å². The number of nitrogens with two attached hydrogens (primary N) is 1. The fraction of sp³-hybridized carbons (Fsp3) is 0.0909. The Kier molecular flexibility index (Phi) is 2.78. The van der Waals surface area contributed by atoms with Crippen LogP contribution in [0, 0.1) is 0 Å². The van der Waals surface area contributed by atoms with Crippen LogP contribution >= 0.6 is 15.9 Å². The van der Waals surface area contributed by atoms with Crippen molar-refractivity contribution in [3.63, 3.8) is 0 Å². The van der Waals surface area contributed by atoms with Crippen LogP contribution in [0.5, 0.6) is 0 Å². The number of hydrogen-bond acceptors (Lipinski definition) is 4. The van der Waals surface area contributed by atoms with Crippen molar-refractivity contribution >= 4 is 38.4 Å². The molecule has 0 saturated carbocycles. The summed E-state index contributed by atoms with van der Waals surface area (Å²) in [5.74, 6) is -0.462. The van der Waals surface area contributed by atoms with Crippen LogP contribution < -0.4 is 5.73 Å². The van der Waals surface area contributed by atoms with Gasteiger partial charge in [-0.3, -0.25) is 0 Å². The summed E-state index contributed by atoms with van der Waals surface area (Å²) in [6.45, 7) is 0. The van der Waals surface area contributed by atoms with Gasteiger partial charge in [0.1, 0.15) is 5.69 Å². The molecular weight excluding hydrogens is 272 g/mol. The van der Waals surface area contributed by atoms with Crippen molar-refractivity contribution in [2.24, 2.45) is 0 Å². The molecule has 0 bridgehead atoms. The van der Waals surface area contributed by atoms with Crippen LogP contribution in [0.4, 0.5) is 5.69 Å². The number of ether oxygens (including phenoxy) is 1. The fourth-order valence-electron chi connectivity index (χ4n) is 1.44. The van der Waals surface area contributed by atoms with Gasteiger partial charge in [0.2, 0.25) is 0 Å². The number of nitrogens with zero attached hydrogens (tertiary/aromatic N) is 1. The molecule has 0 unspecified atom stereocenters. The molecule has 2 rings (SSSR count). The molecular formula is C11H9BrN2O2. The topological polar surface area (TPSA) is 65.2 Å². The van der Waals surface area contributed by atoms with Crippen molar-refractivity contribution in [3.05, 3.63) is 34.6 Å². The molecule has 0 saturated heterocycles. The van der Waals surface area contributed by atoms with Crippen LogP contribution in [-0.2, 0) is 4.74 Å². The highest BCUT2D eigenvalue weighted by Crippen LogP contribution is 2.28. The number of rotatable bonds is 1. The monoisotopic (exact) mass is 280 g/mol. The quantitative estimate of drug-likeness (QED) is 0.643. The van der Waals surface area contributed by atoms with Gasteiger partial charge in [-0.25, -0.2) is 9.78 Å². The second kappa shape index (κ2) is 4.09. The van der Waals surface area contributed by atoms with E-state index in [9.17, 15) is 4.79 Å². The van der Waals surface area contributed by atoms with E-state index < -0.39 is 5.97 Å². The number of methoxy groups -OCH3 is 1. The lowest BCUT2D eigenvalue weighted by atomic mass is 10.1. The zero-order chi connectivity index (χ0) is 11.7. The Morgan fingerprint density at radius 2 is 2.19 bits per heavy atom. The van der Waals surface area contributed by atoms with Crippen molar-refractivity contribution < 1.29 is 9.53 Å². The highest BCUT2D eigenvalue weighted by molar-refractivity contribution is 9.10. The number of carbonyl (C=O) groups is 1. The average Bonchev–Trinajstić information content (AvgIpc) is 2.32. The van der Waals surface area contributed by atoms with Crippen LogP contribution in [0.2, 0.25) is 0 Å². The smallest absolute Gasteiger partial charge is 0.356 e. The number of pyridine rings is 1. The van der Waals surface area contributed by atoms with E-state index in [0.717, 1.165) is 15.2 Å². The first-order valence-electron chi connectivity index (χ1n) is 4.55. The van der Waals surface area contributed by atoms with Gasteiger partial charge in [0.25, 0.3) is 0 Å². The number of aromatic nitrogens is 1. The summed E-state index contributed by atoms with van der Waals surface area (Å²) in [5.41, 5.74) is 6.70. The van der Waals surface area contributed by atoms with E-state index in [4.69, 9.17) is 5.73 Å². The number of fused-ring (bicyclic) bond motifs is 1. The maximum atomic E-state index is 11.3. The second-order valence-corrected chi connectivity index (χ2v) is 4.10. The van der Waals surface area contributed by atoms with Crippen molar-refractivity contribution in [2.75, 3.05) is 12.8 Å². The lowest BCUT2D eigenvalue weighted by Crippen LogP contribution is -2.04. The molecule has 0 atom stereocenters. The first-order valence-corrected chi connectivity index (χ1v) is 5.35. The minimum absolute atomic E-state index is 0.265. The first kappa shape index (κ1) is 10.9. The molecule has 82 valence electrons. The van der Waals surface area contributed by atoms with Gasteiger partial charge in [-0.15, -0.1) is 0 Å². The fourth-order valence-corrected chi connectivity index (χ4v) is 1.90. The van der Waals surface area contributed by atoms with Gasteiger partial charge in [-0.1, -0.05) is 15.9 Å². The van der Waals surface area contributed by atoms with Crippen molar-refractivity contribution in [3.8, 4) is 0 Å². The number of nitrogen functional groups attached to an aromatic ring is 1. The zero-order valence-electron chi connectivity index (χ0n) is 8.53. The first-order chi connectivity index (χ1) is 7.63. The average molecular weight is 281 g/mol. The summed E-state index contributed by atoms with van der Waals surface area (Å²) in [7, 11) is 1.32. The largest absolute Gasteiger partial charge is 0.464 e. The molecule has 2 aromatic rings. The molecule has 0 aliphatic heterocycles. The van der Waals surface area contributed by atoms with E-state index in [1.165, 1.54) is 7.11 Å². The van der Waals surface area contributed by atoms with Crippen LogP contribution in [-0.4, -0.2) is 18.1 Å². The zero-order valence-corrected chi connectivity index (χ0v) is 10.1. The standard InChI is InChI=1S/C11H9BrN2O2/c1-16-11(15)10-4-6-7(5-14-10)9(13)3-2-8(6)12/h2-5H,13H2,1H3. The molecule has 0 spiro atoms. The van der Waals surface area contributed by atoms with Crippen LogP contribution in [0.3, 0.4) is 0 Å². The number of benzene rings is 1. The van der Waals surface area contributed by atoms with Gasteiger partial charge in [-0.2, -0.15) is 0 Å². The van der Waals surface area contributed by atoms with E-state index in [1.807, 2.05) is 6.07 Å². The van der Waals surface area contributed by atoms with Crippen LogP contribution in [0.1, 0.15) is 10.5 Å². The predicted molar refractivity (Wildman–Crippen MR) is 65.2 cm³/mol. The van der Waals surface area contributed by atoms with Gasteiger partial charge in [-0.05, 0) is 18.2 Å². The number of esters is 1. The second-order valence-electron chi connectivity index (χ2n) is 3.24. The Labute approximate surface area is 101 Å². The lowest BCUT2D eigenvalue weighted by molar-refractivity contribution is 0.0594. The van der Waals surface area contributed by atoms with E-state index in [0.29, 0.717) is 5.69 Å². The highest BCUT2D eigenvalue weighted by Gasteiger charge is 2.10. The number of anilines is 1. The molecule has 0 amide bonds. The Morgan fingerprint density at radius 3 is 2.88 bits per heavy atom. The molecule has 5 heteroatoms. The summed E-state index contributed by atoms with van der Waals surface area (Å²) in [5, 5.41) is 1.65. The third kappa shape index (κ3) is 1.74. The van der Waals surface area contributed by atoms with Gasteiger partial charge < -0.3 is 10.5 Å². The molecule has 1 aromatic carbocycles. The molecule has 1 aromatic heterocycles. The maximum absolute atomic E-state index is 11.3. The molecule has 1 heterocycles. The summed E-state index contributed by atoms with van der Waals surface area (Å²) < 4.78 is 5.47. The van der Waals surface area contributed by atoms with E-state index in [-0.39, 0.29) is 5.69 Å². The summed E-state index contributed by atoms with van der Waals surface area (Å²) in [6.07, 6.45) is 1.57. The maximum Gasteiger partial charge on any atom is 0.356 e. The molecule has 0 aliphatic carbocycles. The molecule has 0 fully saturated rings. The van der Waals surface area contributed by atoms with Crippen LogP contribution in [0.25, 0.3) is 10.8 Å². The number of carbonyl (C=O) groups excluding carboxylic acids is 1. The minimum atomic E-state index is -0.462. The molecule has 0 aliphatic rings. The van der Waals surface area contributed by atoms with Crippen LogP contribution in [0.15, 0.2) is 28.9 Å². The number of halogens is 1. The van der Waals surface area contributed by atoms with Crippen molar-refractivity contribution in [2.45, 2.75) is 0 Å². The Balaban J connectivity index is 2.70. The third-order valence-corrected chi connectivity index (χ3v) is 2.97.